The number of carbonyl (C=O) groups is 2. The Bertz CT molecular complexity index is 1000. The summed E-state index contributed by atoms with van der Waals surface area (Å²) in [5.74, 6) is -0.786. The van der Waals surface area contributed by atoms with Crippen molar-refractivity contribution in [3.8, 4) is 0 Å². The molecule has 0 spiro atoms. The SMILES string of the molecule is O=C(NCc1ccccn1)[C@H]1CC(=O)N(CCc2c[nH]c3ccc(F)cc23)C1. The minimum absolute atomic E-state index is 0.0241. The molecule has 2 amide bonds. The standard InChI is InChI=1S/C21H21FN4O2/c22-16-4-5-19-18(10-16)14(11-24-19)6-8-26-13-15(9-20(26)27)21(28)25-12-17-3-1-2-7-23-17/h1-5,7,10-11,15,24H,6,8-9,12-13H2,(H,25,28)/t15-/m0/s1. The molecule has 0 unspecified atom stereocenters. The number of pyridine rings is 1. The number of nitrogens with zero attached hydrogens (tertiary/aromatic N) is 2. The number of aromatic amines is 1. The van der Waals surface area contributed by atoms with Gasteiger partial charge in [0.1, 0.15) is 5.82 Å². The number of hydrogen-bond donors (Lipinski definition) is 2. The zero-order valence-corrected chi connectivity index (χ0v) is 15.3. The van der Waals surface area contributed by atoms with Gasteiger partial charge in [0.2, 0.25) is 11.8 Å². The Labute approximate surface area is 161 Å². The van der Waals surface area contributed by atoms with Crippen LogP contribution in [0.1, 0.15) is 17.7 Å². The number of fused-ring (bicyclic) bond motifs is 1. The lowest BCUT2D eigenvalue weighted by atomic mass is 10.1. The van der Waals surface area contributed by atoms with Crippen molar-refractivity contribution in [1.29, 1.82) is 0 Å². The summed E-state index contributed by atoms with van der Waals surface area (Å²) in [6.45, 7) is 1.27. The van der Waals surface area contributed by atoms with Crippen molar-refractivity contribution in [3.05, 3.63) is 65.9 Å². The van der Waals surface area contributed by atoms with Crippen LogP contribution < -0.4 is 5.32 Å². The van der Waals surface area contributed by atoms with Gasteiger partial charge in [0.25, 0.3) is 0 Å². The first-order valence-electron chi connectivity index (χ1n) is 9.31. The predicted molar refractivity (Wildman–Crippen MR) is 103 cm³/mol. The molecule has 28 heavy (non-hydrogen) atoms. The van der Waals surface area contributed by atoms with E-state index in [2.05, 4.69) is 15.3 Å². The monoisotopic (exact) mass is 380 g/mol. The number of carbonyl (C=O) groups excluding carboxylic acids is 2. The predicted octanol–water partition coefficient (Wildman–Crippen LogP) is 2.41. The van der Waals surface area contributed by atoms with E-state index in [4.69, 9.17) is 0 Å². The van der Waals surface area contributed by atoms with E-state index >= 15 is 0 Å². The summed E-state index contributed by atoms with van der Waals surface area (Å²) in [7, 11) is 0. The molecule has 1 aromatic carbocycles. The number of likely N-dealkylation sites (tertiary alicyclic amines) is 1. The Morgan fingerprint density at radius 3 is 3.04 bits per heavy atom. The number of nitrogens with one attached hydrogen (secondary N) is 2. The molecular weight excluding hydrogens is 359 g/mol. The zero-order chi connectivity index (χ0) is 19.5. The van der Waals surface area contributed by atoms with Gasteiger partial charge < -0.3 is 15.2 Å². The summed E-state index contributed by atoms with van der Waals surface area (Å²) < 4.78 is 13.5. The van der Waals surface area contributed by atoms with Crippen LogP contribution in [0.25, 0.3) is 10.9 Å². The first-order chi connectivity index (χ1) is 13.6. The maximum atomic E-state index is 13.5. The van der Waals surface area contributed by atoms with Gasteiger partial charge >= 0.3 is 0 Å². The maximum Gasteiger partial charge on any atom is 0.225 e. The topological polar surface area (TPSA) is 78.1 Å². The molecule has 0 bridgehead atoms. The molecule has 1 saturated heterocycles. The van der Waals surface area contributed by atoms with Crippen LogP contribution in [0.3, 0.4) is 0 Å². The minimum Gasteiger partial charge on any atom is -0.361 e. The van der Waals surface area contributed by atoms with E-state index < -0.39 is 0 Å². The van der Waals surface area contributed by atoms with Crippen molar-refractivity contribution in [1.82, 2.24) is 20.2 Å². The van der Waals surface area contributed by atoms with E-state index in [1.807, 2.05) is 24.4 Å². The number of halogens is 1. The highest BCUT2D eigenvalue weighted by molar-refractivity contribution is 5.89. The molecule has 7 heteroatoms. The van der Waals surface area contributed by atoms with Crippen molar-refractivity contribution >= 4 is 22.7 Å². The van der Waals surface area contributed by atoms with Gasteiger partial charge in [-0.3, -0.25) is 14.6 Å². The molecule has 3 heterocycles. The second kappa shape index (κ2) is 7.80. The summed E-state index contributed by atoms with van der Waals surface area (Å²) in [5.41, 5.74) is 2.62. The summed E-state index contributed by atoms with van der Waals surface area (Å²) in [6.07, 6.45) is 4.36. The Hall–Kier alpha value is -3.22. The van der Waals surface area contributed by atoms with E-state index in [1.165, 1.54) is 12.1 Å². The first kappa shape index (κ1) is 18.2. The van der Waals surface area contributed by atoms with Crippen LogP contribution in [0.2, 0.25) is 0 Å². The first-order valence-corrected chi connectivity index (χ1v) is 9.31. The average Bonchev–Trinajstić information content (AvgIpc) is 3.28. The Morgan fingerprint density at radius 1 is 1.32 bits per heavy atom. The van der Waals surface area contributed by atoms with Crippen LogP contribution >= 0.6 is 0 Å². The van der Waals surface area contributed by atoms with E-state index in [0.29, 0.717) is 26.1 Å². The van der Waals surface area contributed by atoms with E-state index in [0.717, 1.165) is 22.2 Å². The molecule has 0 radical (unpaired) electrons. The fourth-order valence-electron chi connectivity index (χ4n) is 3.60. The minimum atomic E-state index is -0.350. The van der Waals surface area contributed by atoms with Gasteiger partial charge in [0.15, 0.2) is 0 Å². The van der Waals surface area contributed by atoms with Gasteiger partial charge in [-0.2, -0.15) is 0 Å². The quantitative estimate of drug-likeness (QED) is 0.689. The highest BCUT2D eigenvalue weighted by Gasteiger charge is 2.33. The fourth-order valence-corrected chi connectivity index (χ4v) is 3.60. The van der Waals surface area contributed by atoms with Gasteiger partial charge in [0.05, 0.1) is 18.2 Å². The number of benzene rings is 1. The second-order valence-electron chi connectivity index (χ2n) is 7.03. The Kier molecular flexibility index (Phi) is 5.06. The maximum absolute atomic E-state index is 13.5. The van der Waals surface area contributed by atoms with Gasteiger partial charge in [-0.05, 0) is 42.3 Å². The molecule has 0 saturated carbocycles. The highest BCUT2D eigenvalue weighted by atomic mass is 19.1. The van der Waals surface area contributed by atoms with Crippen molar-refractivity contribution < 1.29 is 14.0 Å². The molecule has 1 atom stereocenters. The highest BCUT2D eigenvalue weighted by Crippen LogP contribution is 2.22. The third kappa shape index (κ3) is 3.88. The smallest absolute Gasteiger partial charge is 0.225 e. The Morgan fingerprint density at radius 2 is 2.21 bits per heavy atom. The van der Waals surface area contributed by atoms with Crippen LogP contribution in [0, 0.1) is 11.7 Å². The van der Waals surface area contributed by atoms with Gasteiger partial charge in [-0.25, -0.2) is 4.39 Å². The molecule has 0 aliphatic carbocycles. The summed E-state index contributed by atoms with van der Waals surface area (Å²) >= 11 is 0. The van der Waals surface area contributed by atoms with E-state index in [9.17, 15) is 14.0 Å². The molecule has 144 valence electrons. The molecule has 3 aromatic rings. The van der Waals surface area contributed by atoms with Crippen LogP contribution in [-0.2, 0) is 22.6 Å². The molecule has 2 N–H and O–H groups in total. The van der Waals surface area contributed by atoms with Gasteiger partial charge in [0, 0.05) is 42.8 Å². The molecule has 1 fully saturated rings. The van der Waals surface area contributed by atoms with Crippen LogP contribution in [0.5, 0.6) is 0 Å². The summed E-state index contributed by atoms with van der Waals surface area (Å²) in [6, 6.07) is 10.2. The zero-order valence-electron chi connectivity index (χ0n) is 15.3. The van der Waals surface area contributed by atoms with Crippen LogP contribution in [0.4, 0.5) is 4.39 Å². The molecule has 4 rings (SSSR count). The largest absolute Gasteiger partial charge is 0.361 e. The number of hydrogen-bond acceptors (Lipinski definition) is 3. The number of aromatic nitrogens is 2. The van der Waals surface area contributed by atoms with Crippen LogP contribution in [0.15, 0.2) is 48.8 Å². The Balaban J connectivity index is 1.33. The fraction of sp³-hybridized carbons (Fsp3) is 0.286. The summed E-state index contributed by atoms with van der Waals surface area (Å²) in [5, 5.41) is 3.68. The lowest BCUT2D eigenvalue weighted by molar-refractivity contribution is -0.129. The van der Waals surface area contributed by atoms with Crippen LogP contribution in [-0.4, -0.2) is 39.8 Å². The molecule has 6 nitrogen and oxygen atoms in total. The van der Waals surface area contributed by atoms with Crippen molar-refractivity contribution in [2.45, 2.75) is 19.4 Å². The van der Waals surface area contributed by atoms with Gasteiger partial charge in [-0.15, -0.1) is 0 Å². The van der Waals surface area contributed by atoms with Crippen molar-refractivity contribution in [2.75, 3.05) is 13.1 Å². The molecular formula is C21H21FN4O2. The van der Waals surface area contributed by atoms with Crippen molar-refractivity contribution in [2.24, 2.45) is 5.92 Å². The number of amides is 2. The molecule has 1 aliphatic heterocycles. The third-order valence-electron chi connectivity index (χ3n) is 5.14. The normalized spacial score (nSPS) is 16.7. The van der Waals surface area contributed by atoms with E-state index in [-0.39, 0.29) is 30.0 Å². The number of H-pyrrole nitrogens is 1. The number of rotatable bonds is 6. The lowest BCUT2D eigenvalue weighted by Gasteiger charge is -2.16. The second-order valence-corrected chi connectivity index (χ2v) is 7.03. The average molecular weight is 380 g/mol. The van der Waals surface area contributed by atoms with E-state index in [1.54, 1.807) is 17.2 Å². The molecule has 2 aromatic heterocycles. The van der Waals surface area contributed by atoms with Gasteiger partial charge in [-0.1, -0.05) is 6.07 Å². The molecule has 1 aliphatic rings. The lowest BCUT2D eigenvalue weighted by Crippen LogP contribution is -2.33. The summed E-state index contributed by atoms with van der Waals surface area (Å²) in [4.78, 5) is 33.7. The third-order valence-corrected chi connectivity index (χ3v) is 5.14. The van der Waals surface area contributed by atoms with Crippen molar-refractivity contribution in [3.63, 3.8) is 0 Å².